The Kier molecular flexibility index (Phi) is 7.74. The molecule has 0 radical (unpaired) electrons. The highest BCUT2D eigenvalue weighted by molar-refractivity contribution is 7.90. The van der Waals surface area contributed by atoms with Crippen LogP contribution < -0.4 is 10.1 Å². The van der Waals surface area contributed by atoms with Crippen LogP contribution in [0.15, 0.2) is 47.4 Å². The lowest BCUT2D eigenvalue weighted by Crippen LogP contribution is -2.21. The van der Waals surface area contributed by atoms with Crippen molar-refractivity contribution in [1.82, 2.24) is 0 Å². The summed E-state index contributed by atoms with van der Waals surface area (Å²) in [6.07, 6.45) is 1.07. The molecule has 0 spiro atoms. The molecule has 0 heterocycles. The molecular formula is C20H23NO7S. The van der Waals surface area contributed by atoms with E-state index in [2.05, 4.69) is 5.32 Å². The Morgan fingerprint density at radius 1 is 1.10 bits per heavy atom. The fourth-order valence-electron chi connectivity index (χ4n) is 2.45. The van der Waals surface area contributed by atoms with Gasteiger partial charge in [-0.3, -0.25) is 4.79 Å². The normalized spacial score (nSPS) is 11.0. The largest absolute Gasteiger partial charge is 0.496 e. The number of amides is 1. The van der Waals surface area contributed by atoms with Gasteiger partial charge in [0.15, 0.2) is 16.4 Å². The maximum Gasteiger partial charge on any atom is 0.338 e. The summed E-state index contributed by atoms with van der Waals surface area (Å²) in [6.45, 7) is 2.13. The number of hydrogen-bond donors (Lipinski definition) is 1. The first kappa shape index (κ1) is 22.4. The smallest absolute Gasteiger partial charge is 0.338 e. The minimum Gasteiger partial charge on any atom is -0.496 e. The molecule has 0 aliphatic rings. The fourth-order valence-corrected chi connectivity index (χ4v) is 3.11. The number of carbonyl (C=O) groups is 2. The lowest BCUT2D eigenvalue weighted by atomic mass is 10.1. The van der Waals surface area contributed by atoms with Gasteiger partial charge >= 0.3 is 5.97 Å². The average molecular weight is 421 g/mol. The zero-order valence-corrected chi connectivity index (χ0v) is 17.2. The molecule has 8 nitrogen and oxygen atoms in total. The van der Waals surface area contributed by atoms with Crippen LogP contribution in [0, 0.1) is 0 Å². The van der Waals surface area contributed by atoms with E-state index in [0.29, 0.717) is 17.9 Å². The van der Waals surface area contributed by atoms with Crippen molar-refractivity contribution in [3.63, 3.8) is 0 Å². The first-order valence-corrected chi connectivity index (χ1v) is 10.7. The minimum absolute atomic E-state index is 0.0763. The van der Waals surface area contributed by atoms with E-state index >= 15 is 0 Å². The standard InChI is InChI=1S/C20H23NO7S/c1-4-27-12-15-10-14(8-9-18(15)26-2)20(23)28-13-19(22)21-16-6-5-7-17(11-16)29(3,24)25/h5-11H,4,12-13H2,1-3H3,(H,21,22). The third kappa shape index (κ3) is 6.58. The maximum atomic E-state index is 12.2. The van der Waals surface area contributed by atoms with E-state index in [4.69, 9.17) is 14.2 Å². The number of sulfone groups is 1. The van der Waals surface area contributed by atoms with Crippen LogP contribution in [-0.4, -0.2) is 46.9 Å². The van der Waals surface area contributed by atoms with Crippen molar-refractivity contribution in [1.29, 1.82) is 0 Å². The second-order valence-electron chi connectivity index (χ2n) is 6.09. The Morgan fingerprint density at radius 3 is 2.52 bits per heavy atom. The molecule has 2 aromatic rings. The highest BCUT2D eigenvalue weighted by Gasteiger charge is 2.14. The predicted octanol–water partition coefficient (Wildman–Crippen LogP) is 2.43. The van der Waals surface area contributed by atoms with Gasteiger partial charge in [0.2, 0.25) is 0 Å². The molecule has 0 aliphatic heterocycles. The summed E-state index contributed by atoms with van der Waals surface area (Å²) in [6, 6.07) is 10.6. The molecule has 0 atom stereocenters. The Labute approximate surface area is 169 Å². The molecule has 2 rings (SSSR count). The minimum atomic E-state index is -3.40. The van der Waals surface area contributed by atoms with Crippen molar-refractivity contribution in [2.75, 3.05) is 31.9 Å². The number of anilines is 1. The van der Waals surface area contributed by atoms with Crippen LogP contribution in [0.1, 0.15) is 22.8 Å². The number of methoxy groups -OCH3 is 1. The van der Waals surface area contributed by atoms with Gasteiger partial charge in [0.1, 0.15) is 5.75 Å². The number of nitrogens with one attached hydrogen (secondary N) is 1. The number of carbonyl (C=O) groups excluding carboxylic acids is 2. The summed E-state index contributed by atoms with van der Waals surface area (Å²) < 4.78 is 38.8. The molecule has 156 valence electrons. The molecule has 0 bridgehead atoms. The van der Waals surface area contributed by atoms with E-state index in [-0.39, 0.29) is 22.8 Å². The lowest BCUT2D eigenvalue weighted by Gasteiger charge is -2.11. The van der Waals surface area contributed by atoms with Gasteiger partial charge in [0.25, 0.3) is 5.91 Å². The first-order valence-electron chi connectivity index (χ1n) is 8.76. The third-order valence-corrected chi connectivity index (χ3v) is 4.97. The Bertz CT molecular complexity index is 986. The number of ether oxygens (including phenoxy) is 3. The quantitative estimate of drug-likeness (QED) is 0.620. The Balaban J connectivity index is 1.99. The van der Waals surface area contributed by atoms with Crippen molar-refractivity contribution in [3.05, 3.63) is 53.6 Å². The van der Waals surface area contributed by atoms with Crippen LogP contribution >= 0.6 is 0 Å². The van der Waals surface area contributed by atoms with Crippen molar-refractivity contribution in [2.45, 2.75) is 18.4 Å². The highest BCUT2D eigenvalue weighted by atomic mass is 32.2. The van der Waals surface area contributed by atoms with Crippen molar-refractivity contribution < 1.29 is 32.2 Å². The number of hydrogen-bond acceptors (Lipinski definition) is 7. The first-order chi connectivity index (χ1) is 13.7. The number of benzene rings is 2. The summed E-state index contributed by atoms with van der Waals surface area (Å²) in [5.74, 6) is -0.684. The molecule has 0 saturated heterocycles. The van der Waals surface area contributed by atoms with Crippen LogP contribution in [0.4, 0.5) is 5.69 Å². The van der Waals surface area contributed by atoms with Crippen molar-refractivity contribution in [3.8, 4) is 5.75 Å². The van der Waals surface area contributed by atoms with Gasteiger partial charge in [-0.15, -0.1) is 0 Å². The molecule has 1 amide bonds. The number of esters is 1. The third-order valence-electron chi connectivity index (χ3n) is 3.86. The van der Waals surface area contributed by atoms with Gasteiger partial charge in [0.05, 0.1) is 24.2 Å². The fraction of sp³-hybridized carbons (Fsp3) is 0.300. The molecule has 2 aromatic carbocycles. The van der Waals surface area contributed by atoms with Gasteiger partial charge in [-0.05, 0) is 43.3 Å². The molecule has 1 N–H and O–H groups in total. The van der Waals surface area contributed by atoms with Crippen LogP contribution in [0.2, 0.25) is 0 Å². The molecule has 0 unspecified atom stereocenters. The molecule has 9 heteroatoms. The van der Waals surface area contributed by atoms with Gasteiger partial charge < -0.3 is 19.5 Å². The zero-order valence-electron chi connectivity index (χ0n) is 16.4. The summed E-state index contributed by atoms with van der Waals surface area (Å²) in [5.41, 5.74) is 1.23. The van der Waals surface area contributed by atoms with E-state index in [0.717, 1.165) is 6.26 Å². The van der Waals surface area contributed by atoms with E-state index in [1.807, 2.05) is 6.92 Å². The Hall–Kier alpha value is -2.91. The highest BCUT2D eigenvalue weighted by Crippen LogP contribution is 2.21. The lowest BCUT2D eigenvalue weighted by molar-refractivity contribution is -0.119. The molecular weight excluding hydrogens is 398 g/mol. The van der Waals surface area contributed by atoms with E-state index in [1.54, 1.807) is 12.1 Å². The molecule has 0 aliphatic carbocycles. The van der Waals surface area contributed by atoms with Crippen LogP contribution in [0.3, 0.4) is 0 Å². The Morgan fingerprint density at radius 2 is 1.86 bits per heavy atom. The van der Waals surface area contributed by atoms with E-state index < -0.39 is 28.3 Å². The van der Waals surface area contributed by atoms with Gasteiger partial charge in [-0.2, -0.15) is 0 Å². The predicted molar refractivity (Wildman–Crippen MR) is 107 cm³/mol. The van der Waals surface area contributed by atoms with Gasteiger partial charge in [-0.1, -0.05) is 6.07 Å². The summed E-state index contributed by atoms with van der Waals surface area (Å²) >= 11 is 0. The monoisotopic (exact) mass is 421 g/mol. The topological polar surface area (TPSA) is 108 Å². The molecule has 29 heavy (non-hydrogen) atoms. The number of rotatable bonds is 9. The summed E-state index contributed by atoms with van der Waals surface area (Å²) in [5, 5.41) is 2.50. The maximum absolute atomic E-state index is 12.2. The average Bonchev–Trinajstić information content (AvgIpc) is 2.69. The SMILES string of the molecule is CCOCc1cc(C(=O)OCC(=O)Nc2cccc(S(C)(=O)=O)c2)ccc1OC. The summed E-state index contributed by atoms with van der Waals surface area (Å²) in [7, 11) is -1.88. The van der Waals surface area contributed by atoms with E-state index in [9.17, 15) is 18.0 Å². The second kappa shape index (κ2) is 10.0. The molecule has 0 aromatic heterocycles. The van der Waals surface area contributed by atoms with Gasteiger partial charge in [-0.25, -0.2) is 13.2 Å². The zero-order chi connectivity index (χ0) is 21.4. The van der Waals surface area contributed by atoms with Crippen molar-refractivity contribution in [2.24, 2.45) is 0 Å². The van der Waals surface area contributed by atoms with E-state index in [1.165, 1.54) is 37.4 Å². The van der Waals surface area contributed by atoms with Crippen LogP contribution in [0.25, 0.3) is 0 Å². The van der Waals surface area contributed by atoms with Crippen molar-refractivity contribution >= 4 is 27.4 Å². The summed E-state index contributed by atoms with van der Waals surface area (Å²) in [4.78, 5) is 24.4. The second-order valence-corrected chi connectivity index (χ2v) is 8.10. The van der Waals surface area contributed by atoms with Crippen LogP contribution in [0.5, 0.6) is 5.75 Å². The molecule has 0 saturated carbocycles. The van der Waals surface area contributed by atoms with Crippen LogP contribution in [-0.2, 0) is 30.7 Å². The molecule has 0 fully saturated rings. The van der Waals surface area contributed by atoms with Gasteiger partial charge in [0, 0.05) is 24.1 Å².